The Morgan fingerprint density at radius 1 is 0.769 bits per heavy atom. The zero-order valence-corrected chi connectivity index (χ0v) is 18.9. The lowest BCUT2D eigenvalue weighted by atomic mass is 9.76. The van der Waals surface area contributed by atoms with Gasteiger partial charge >= 0.3 is 11.9 Å². The summed E-state index contributed by atoms with van der Waals surface area (Å²) in [4.78, 5) is 25.0. The molecule has 0 saturated heterocycles. The van der Waals surface area contributed by atoms with Crippen molar-refractivity contribution in [3.8, 4) is 0 Å². The first kappa shape index (κ1) is 24.9. The molecule has 0 radical (unpaired) electrons. The molecule has 1 unspecified atom stereocenters. The summed E-state index contributed by atoms with van der Waals surface area (Å²) < 4.78 is 11.1. The molecule has 0 rings (SSSR count). The molecule has 4 nitrogen and oxygen atoms in total. The number of carbonyl (C=O) groups excluding carboxylic acids is 2. The molecule has 0 spiro atoms. The quantitative estimate of drug-likeness (QED) is 0.373. The van der Waals surface area contributed by atoms with Crippen LogP contribution in [-0.4, -0.2) is 24.1 Å². The minimum Gasteiger partial charge on any atom is -0.465 e. The van der Waals surface area contributed by atoms with Crippen LogP contribution < -0.4 is 0 Å². The van der Waals surface area contributed by atoms with Crippen LogP contribution in [0.2, 0.25) is 0 Å². The van der Waals surface area contributed by atoms with E-state index in [1.54, 1.807) is 0 Å². The third-order valence-corrected chi connectivity index (χ3v) is 4.83. The van der Waals surface area contributed by atoms with E-state index >= 15 is 0 Å². The molecule has 0 fully saturated rings. The second-order valence-corrected chi connectivity index (χ2v) is 10.6. The van der Waals surface area contributed by atoms with Crippen molar-refractivity contribution >= 4 is 11.9 Å². The highest BCUT2D eigenvalue weighted by Gasteiger charge is 2.38. The molecule has 1 atom stereocenters. The largest absolute Gasteiger partial charge is 0.465 e. The topological polar surface area (TPSA) is 52.6 Å². The van der Waals surface area contributed by atoms with E-state index in [0.717, 1.165) is 12.8 Å². The lowest BCUT2D eigenvalue weighted by Gasteiger charge is -2.32. The van der Waals surface area contributed by atoms with Gasteiger partial charge in [0.25, 0.3) is 0 Å². The minimum atomic E-state index is -0.629. The molecule has 0 N–H and O–H groups in total. The van der Waals surface area contributed by atoms with Crippen LogP contribution in [0.15, 0.2) is 0 Å². The van der Waals surface area contributed by atoms with Crippen molar-refractivity contribution in [3.05, 3.63) is 0 Å². The van der Waals surface area contributed by atoms with Crippen molar-refractivity contribution < 1.29 is 19.1 Å². The molecule has 0 amide bonds. The number of ether oxygens (including phenoxy) is 2. The van der Waals surface area contributed by atoms with Crippen LogP contribution in [0.5, 0.6) is 0 Å². The predicted molar refractivity (Wildman–Crippen MR) is 107 cm³/mol. The second kappa shape index (κ2) is 9.23. The number of hydrogen-bond acceptors (Lipinski definition) is 4. The molecule has 0 aliphatic rings. The average Bonchev–Trinajstić information content (AvgIpc) is 2.46. The van der Waals surface area contributed by atoms with Gasteiger partial charge in [-0.1, -0.05) is 27.7 Å². The zero-order chi connectivity index (χ0) is 20.8. The van der Waals surface area contributed by atoms with Crippen LogP contribution >= 0.6 is 0 Å². The fourth-order valence-corrected chi connectivity index (χ4v) is 2.47. The van der Waals surface area contributed by atoms with Gasteiger partial charge in [-0.05, 0) is 79.1 Å². The number of esters is 2. The van der Waals surface area contributed by atoms with Gasteiger partial charge in [-0.3, -0.25) is 9.59 Å². The molecular formula is C22H42O4. The Hall–Kier alpha value is -1.06. The van der Waals surface area contributed by atoms with E-state index in [2.05, 4.69) is 20.8 Å². The van der Waals surface area contributed by atoms with Gasteiger partial charge < -0.3 is 9.47 Å². The SMILES string of the molecule is CCC(C)(CCC(C)(C)C(=O)OC(C)(C)C)C(=O)OCCCC(C)(C)C. The first-order valence-corrected chi connectivity index (χ1v) is 9.93. The van der Waals surface area contributed by atoms with Crippen molar-refractivity contribution in [3.63, 3.8) is 0 Å². The van der Waals surface area contributed by atoms with E-state index in [1.807, 2.05) is 48.5 Å². The highest BCUT2D eigenvalue weighted by Crippen LogP contribution is 2.36. The Balaban J connectivity index is 4.69. The lowest BCUT2D eigenvalue weighted by Crippen LogP contribution is -2.36. The summed E-state index contributed by atoms with van der Waals surface area (Å²) in [5.74, 6) is -0.379. The number of rotatable bonds is 9. The molecule has 0 aliphatic heterocycles. The maximum Gasteiger partial charge on any atom is 0.312 e. The first-order chi connectivity index (χ1) is 11.5. The van der Waals surface area contributed by atoms with E-state index in [0.29, 0.717) is 25.9 Å². The standard InChI is InChI=1S/C22H42O4/c1-11-22(10,18(24)25-16-12-13-19(2,3)4)15-14-21(8,9)17(23)26-20(5,6)7/h11-16H2,1-10H3. The van der Waals surface area contributed by atoms with Crippen LogP contribution in [0.4, 0.5) is 0 Å². The fraction of sp³-hybridized carbons (Fsp3) is 0.909. The lowest BCUT2D eigenvalue weighted by molar-refractivity contribution is -0.168. The molecular weight excluding hydrogens is 328 g/mol. The Morgan fingerprint density at radius 3 is 1.73 bits per heavy atom. The Labute approximate surface area is 161 Å². The summed E-state index contributed by atoms with van der Waals surface area (Å²) in [5, 5.41) is 0. The van der Waals surface area contributed by atoms with Crippen molar-refractivity contribution in [2.24, 2.45) is 16.2 Å². The molecule has 26 heavy (non-hydrogen) atoms. The maximum absolute atomic E-state index is 12.6. The monoisotopic (exact) mass is 370 g/mol. The van der Waals surface area contributed by atoms with Crippen molar-refractivity contribution in [2.75, 3.05) is 6.61 Å². The van der Waals surface area contributed by atoms with Gasteiger partial charge in [-0.15, -0.1) is 0 Å². The smallest absolute Gasteiger partial charge is 0.312 e. The Kier molecular flexibility index (Phi) is 8.86. The van der Waals surface area contributed by atoms with Crippen LogP contribution in [0.1, 0.15) is 101 Å². The van der Waals surface area contributed by atoms with E-state index < -0.39 is 16.4 Å². The normalized spacial score (nSPS) is 15.3. The molecule has 0 heterocycles. The molecule has 0 aromatic rings. The molecule has 0 aromatic carbocycles. The van der Waals surface area contributed by atoms with Gasteiger partial charge in [-0.2, -0.15) is 0 Å². The van der Waals surface area contributed by atoms with Crippen molar-refractivity contribution in [1.82, 2.24) is 0 Å². The molecule has 0 saturated carbocycles. The van der Waals surface area contributed by atoms with Gasteiger partial charge in [0, 0.05) is 0 Å². The van der Waals surface area contributed by atoms with E-state index in [1.165, 1.54) is 0 Å². The van der Waals surface area contributed by atoms with E-state index in [9.17, 15) is 9.59 Å². The van der Waals surface area contributed by atoms with E-state index in [4.69, 9.17) is 9.47 Å². The summed E-state index contributed by atoms with van der Waals surface area (Å²) in [7, 11) is 0. The average molecular weight is 371 g/mol. The van der Waals surface area contributed by atoms with Crippen LogP contribution in [-0.2, 0) is 19.1 Å². The minimum absolute atomic E-state index is 0.158. The summed E-state index contributed by atoms with van der Waals surface area (Å²) in [5.41, 5.74) is -1.45. The summed E-state index contributed by atoms with van der Waals surface area (Å²) >= 11 is 0. The summed E-state index contributed by atoms with van der Waals surface area (Å²) in [6.45, 7) is 20.3. The molecule has 4 heteroatoms. The summed E-state index contributed by atoms with van der Waals surface area (Å²) in [6, 6.07) is 0. The maximum atomic E-state index is 12.6. The second-order valence-electron chi connectivity index (χ2n) is 10.6. The van der Waals surface area contributed by atoms with Gasteiger partial charge in [-0.25, -0.2) is 0 Å². The van der Waals surface area contributed by atoms with Gasteiger partial charge in [0.05, 0.1) is 17.4 Å². The van der Waals surface area contributed by atoms with Crippen molar-refractivity contribution in [1.29, 1.82) is 0 Å². The number of hydrogen-bond donors (Lipinski definition) is 0. The Bertz CT molecular complexity index is 466. The molecule has 0 aliphatic carbocycles. The molecule has 0 aromatic heterocycles. The number of carbonyl (C=O) groups is 2. The van der Waals surface area contributed by atoms with Crippen molar-refractivity contribution in [2.45, 2.75) is 107 Å². The van der Waals surface area contributed by atoms with Gasteiger partial charge in [0.15, 0.2) is 0 Å². The predicted octanol–water partition coefficient (Wildman–Crippen LogP) is 5.92. The van der Waals surface area contributed by atoms with Crippen LogP contribution in [0.25, 0.3) is 0 Å². The molecule has 0 bridgehead atoms. The van der Waals surface area contributed by atoms with E-state index in [-0.39, 0.29) is 17.4 Å². The van der Waals surface area contributed by atoms with Gasteiger partial charge in [0.2, 0.25) is 0 Å². The third kappa shape index (κ3) is 9.59. The first-order valence-electron chi connectivity index (χ1n) is 9.93. The fourth-order valence-electron chi connectivity index (χ4n) is 2.47. The highest BCUT2D eigenvalue weighted by atomic mass is 16.6. The highest BCUT2D eigenvalue weighted by molar-refractivity contribution is 5.78. The van der Waals surface area contributed by atoms with Gasteiger partial charge in [0.1, 0.15) is 5.60 Å². The van der Waals surface area contributed by atoms with Crippen LogP contribution in [0.3, 0.4) is 0 Å². The summed E-state index contributed by atoms with van der Waals surface area (Å²) in [6.07, 6.45) is 3.78. The molecule has 154 valence electrons. The Morgan fingerprint density at radius 2 is 1.31 bits per heavy atom. The zero-order valence-electron chi connectivity index (χ0n) is 18.9. The third-order valence-electron chi connectivity index (χ3n) is 4.83. The van der Waals surface area contributed by atoms with Crippen LogP contribution in [0, 0.1) is 16.2 Å².